The molecule has 1 amide bonds. The van der Waals surface area contributed by atoms with Crippen molar-refractivity contribution >= 4 is 29.2 Å². The molecule has 0 bridgehead atoms. The van der Waals surface area contributed by atoms with Gasteiger partial charge in [0.2, 0.25) is 0 Å². The normalized spacial score (nSPS) is 10.4. The first-order valence-corrected chi connectivity index (χ1v) is 8.19. The van der Waals surface area contributed by atoms with E-state index < -0.39 is 5.97 Å². The summed E-state index contributed by atoms with van der Waals surface area (Å²) < 4.78 is 10.1. The Hall–Kier alpha value is -2.53. The van der Waals surface area contributed by atoms with Crippen LogP contribution in [0.5, 0.6) is 5.75 Å². The summed E-state index contributed by atoms with van der Waals surface area (Å²) in [7, 11) is 1.29. The molecule has 0 radical (unpaired) electrons. The number of rotatable bonds is 6. The zero-order valence-corrected chi connectivity index (χ0v) is 15.1. The second kappa shape index (κ2) is 8.53. The van der Waals surface area contributed by atoms with Crippen molar-refractivity contribution in [2.75, 3.05) is 19.0 Å². The molecule has 0 saturated carbocycles. The Balaban J connectivity index is 1.97. The summed E-state index contributed by atoms with van der Waals surface area (Å²) in [5.41, 5.74) is 1.82. The zero-order chi connectivity index (χ0) is 18.4. The van der Waals surface area contributed by atoms with Crippen LogP contribution in [0.2, 0.25) is 5.02 Å². The predicted octanol–water partition coefficient (Wildman–Crippen LogP) is 4.27. The van der Waals surface area contributed by atoms with Crippen LogP contribution in [0.25, 0.3) is 0 Å². The number of ether oxygens (including phenoxy) is 2. The highest BCUT2D eigenvalue weighted by atomic mass is 35.5. The van der Waals surface area contributed by atoms with E-state index in [9.17, 15) is 9.59 Å². The SMILES string of the molecule is COC(=O)c1ccc(Cl)c(NC(=O)COc2ccc(C(C)C)cc2)c1. The lowest BCUT2D eigenvalue weighted by Crippen LogP contribution is -2.20. The first kappa shape index (κ1) is 18.8. The smallest absolute Gasteiger partial charge is 0.337 e. The molecule has 0 saturated heterocycles. The Kier molecular flexibility index (Phi) is 6.42. The molecule has 2 aromatic rings. The highest BCUT2D eigenvalue weighted by Crippen LogP contribution is 2.23. The number of hydrogen-bond acceptors (Lipinski definition) is 4. The third-order valence-electron chi connectivity index (χ3n) is 3.58. The minimum atomic E-state index is -0.506. The van der Waals surface area contributed by atoms with Crippen LogP contribution in [0.3, 0.4) is 0 Å². The molecule has 25 heavy (non-hydrogen) atoms. The summed E-state index contributed by atoms with van der Waals surface area (Å²) in [4.78, 5) is 23.6. The van der Waals surface area contributed by atoms with E-state index in [2.05, 4.69) is 23.9 Å². The maximum Gasteiger partial charge on any atom is 0.337 e. The van der Waals surface area contributed by atoms with Crippen LogP contribution < -0.4 is 10.1 Å². The Bertz CT molecular complexity index is 757. The van der Waals surface area contributed by atoms with Crippen molar-refractivity contribution < 1.29 is 19.1 Å². The number of hydrogen-bond donors (Lipinski definition) is 1. The highest BCUT2D eigenvalue weighted by molar-refractivity contribution is 6.33. The molecule has 0 fully saturated rings. The van der Waals surface area contributed by atoms with Crippen LogP contribution in [0.15, 0.2) is 42.5 Å². The average molecular weight is 362 g/mol. The molecular weight excluding hydrogens is 342 g/mol. The zero-order valence-electron chi connectivity index (χ0n) is 14.3. The number of benzene rings is 2. The highest BCUT2D eigenvalue weighted by Gasteiger charge is 2.12. The molecule has 0 aromatic heterocycles. The first-order chi connectivity index (χ1) is 11.9. The van der Waals surface area contributed by atoms with E-state index in [0.717, 1.165) is 0 Å². The lowest BCUT2D eigenvalue weighted by Gasteiger charge is -2.11. The van der Waals surface area contributed by atoms with E-state index in [1.54, 1.807) is 0 Å². The van der Waals surface area contributed by atoms with Crippen LogP contribution in [0.4, 0.5) is 5.69 Å². The molecular formula is C19H20ClNO4. The fourth-order valence-electron chi connectivity index (χ4n) is 2.15. The Morgan fingerprint density at radius 2 is 1.80 bits per heavy atom. The minimum Gasteiger partial charge on any atom is -0.484 e. The van der Waals surface area contributed by atoms with Crippen LogP contribution in [-0.2, 0) is 9.53 Å². The molecule has 0 aliphatic rings. The lowest BCUT2D eigenvalue weighted by molar-refractivity contribution is -0.118. The van der Waals surface area contributed by atoms with E-state index in [0.29, 0.717) is 27.9 Å². The summed E-state index contributed by atoms with van der Waals surface area (Å²) in [6.45, 7) is 4.05. The van der Waals surface area contributed by atoms with E-state index in [-0.39, 0.29) is 12.5 Å². The van der Waals surface area contributed by atoms with Crippen LogP contribution in [0, 0.1) is 0 Å². The van der Waals surface area contributed by atoms with Gasteiger partial charge in [0.05, 0.1) is 23.4 Å². The number of amides is 1. The van der Waals surface area contributed by atoms with Crippen molar-refractivity contribution in [3.8, 4) is 5.75 Å². The summed E-state index contributed by atoms with van der Waals surface area (Å²) >= 11 is 6.04. The van der Waals surface area contributed by atoms with Gasteiger partial charge in [-0.25, -0.2) is 4.79 Å². The fraction of sp³-hybridized carbons (Fsp3) is 0.263. The number of anilines is 1. The van der Waals surface area contributed by atoms with Crippen molar-refractivity contribution in [1.29, 1.82) is 0 Å². The van der Waals surface area contributed by atoms with E-state index in [1.165, 1.54) is 30.9 Å². The van der Waals surface area contributed by atoms with Crippen molar-refractivity contribution in [2.24, 2.45) is 0 Å². The van der Waals surface area contributed by atoms with Crippen LogP contribution >= 0.6 is 11.6 Å². The molecule has 6 heteroatoms. The number of nitrogens with one attached hydrogen (secondary N) is 1. The van der Waals surface area contributed by atoms with E-state index in [4.69, 9.17) is 16.3 Å². The Labute approximate surface area is 151 Å². The van der Waals surface area contributed by atoms with Crippen molar-refractivity contribution in [3.63, 3.8) is 0 Å². The molecule has 0 unspecified atom stereocenters. The van der Waals surface area contributed by atoms with Gasteiger partial charge in [-0.05, 0) is 41.8 Å². The summed E-state index contributed by atoms with van der Waals surface area (Å²) in [6.07, 6.45) is 0. The predicted molar refractivity (Wildman–Crippen MR) is 97.4 cm³/mol. The third kappa shape index (κ3) is 5.22. The van der Waals surface area contributed by atoms with Crippen molar-refractivity contribution in [3.05, 3.63) is 58.6 Å². The fourth-order valence-corrected chi connectivity index (χ4v) is 2.31. The maximum atomic E-state index is 12.1. The molecule has 2 rings (SSSR count). The van der Waals surface area contributed by atoms with Gasteiger partial charge in [-0.1, -0.05) is 37.6 Å². The molecule has 132 valence electrons. The number of halogens is 1. The van der Waals surface area contributed by atoms with Gasteiger partial charge in [0, 0.05) is 0 Å². The average Bonchev–Trinajstić information content (AvgIpc) is 2.61. The van der Waals surface area contributed by atoms with Gasteiger partial charge >= 0.3 is 5.97 Å². The minimum absolute atomic E-state index is 0.167. The Morgan fingerprint density at radius 1 is 1.12 bits per heavy atom. The number of carbonyl (C=O) groups excluding carboxylic acids is 2. The molecule has 0 heterocycles. The Morgan fingerprint density at radius 3 is 2.40 bits per heavy atom. The number of esters is 1. The molecule has 0 aliphatic carbocycles. The molecule has 0 atom stereocenters. The topological polar surface area (TPSA) is 64.6 Å². The largest absolute Gasteiger partial charge is 0.484 e. The molecule has 0 aliphatic heterocycles. The summed E-state index contributed by atoms with van der Waals surface area (Å²) in [5, 5.41) is 2.95. The van der Waals surface area contributed by atoms with E-state index in [1.807, 2.05) is 24.3 Å². The monoisotopic (exact) mass is 361 g/mol. The second-order valence-corrected chi connectivity index (χ2v) is 6.15. The number of methoxy groups -OCH3 is 1. The molecule has 0 spiro atoms. The second-order valence-electron chi connectivity index (χ2n) is 5.75. The van der Waals surface area contributed by atoms with Gasteiger partial charge in [0.25, 0.3) is 5.91 Å². The van der Waals surface area contributed by atoms with Gasteiger partial charge in [-0.15, -0.1) is 0 Å². The molecule has 2 aromatic carbocycles. The molecule has 1 N–H and O–H groups in total. The molecule has 5 nitrogen and oxygen atoms in total. The van der Waals surface area contributed by atoms with Crippen LogP contribution in [-0.4, -0.2) is 25.6 Å². The van der Waals surface area contributed by atoms with Crippen molar-refractivity contribution in [2.45, 2.75) is 19.8 Å². The first-order valence-electron chi connectivity index (χ1n) is 7.81. The van der Waals surface area contributed by atoms with Gasteiger partial charge in [-0.3, -0.25) is 4.79 Å². The van der Waals surface area contributed by atoms with Gasteiger partial charge in [-0.2, -0.15) is 0 Å². The standard InChI is InChI=1S/C19H20ClNO4/c1-12(2)13-4-7-15(8-5-13)25-11-18(22)21-17-10-14(19(23)24-3)6-9-16(17)20/h4-10,12H,11H2,1-3H3,(H,21,22). The van der Waals surface area contributed by atoms with Gasteiger partial charge < -0.3 is 14.8 Å². The number of carbonyl (C=O) groups is 2. The van der Waals surface area contributed by atoms with E-state index >= 15 is 0 Å². The maximum absolute atomic E-state index is 12.1. The van der Waals surface area contributed by atoms with Crippen LogP contribution in [0.1, 0.15) is 35.7 Å². The summed E-state index contributed by atoms with van der Waals surface area (Å²) in [5.74, 6) is 0.154. The lowest BCUT2D eigenvalue weighted by atomic mass is 10.0. The summed E-state index contributed by atoms with van der Waals surface area (Å²) in [6, 6.07) is 12.1. The van der Waals surface area contributed by atoms with Crippen molar-refractivity contribution in [1.82, 2.24) is 0 Å². The third-order valence-corrected chi connectivity index (χ3v) is 3.91. The van der Waals surface area contributed by atoms with Gasteiger partial charge in [0.1, 0.15) is 5.75 Å². The van der Waals surface area contributed by atoms with Gasteiger partial charge in [0.15, 0.2) is 6.61 Å². The quantitative estimate of drug-likeness (QED) is 0.780.